The Labute approximate surface area is 120 Å². The highest BCUT2D eigenvalue weighted by Gasteiger charge is 2.16. The van der Waals surface area contributed by atoms with Gasteiger partial charge in [-0.15, -0.1) is 0 Å². The second kappa shape index (κ2) is 7.44. The van der Waals surface area contributed by atoms with E-state index in [4.69, 9.17) is 0 Å². The number of anilines is 1. The van der Waals surface area contributed by atoms with Crippen molar-refractivity contribution < 1.29 is 18.3 Å². The van der Waals surface area contributed by atoms with E-state index in [1.54, 1.807) is 12.1 Å². The van der Waals surface area contributed by atoms with Crippen molar-refractivity contribution in [3.05, 3.63) is 24.3 Å². The zero-order valence-electron chi connectivity index (χ0n) is 10.8. The molecule has 1 aliphatic rings. The average molecular weight is 302 g/mol. The van der Waals surface area contributed by atoms with Crippen LogP contribution in [0.2, 0.25) is 0 Å². The van der Waals surface area contributed by atoms with Crippen LogP contribution in [0.1, 0.15) is 6.42 Å². The lowest BCUT2D eigenvalue weighted by molar-refractivity contribution is -0.116. The number of halogens is 2. The van der Waals surface area contributed by atoms with Crippen molar-refractivity contribution >= 4 is 23.4 Å². The number of ether oxygens (including phenoxy) is 1. The molecular weight excluding hydrogens is 286 g/mol. The molecule has 1 atom stereocenters. The normalized spacial score (nSPS) is 18.9. The standard InChI is InChI=1S/C13H16F2N2O2S/c14-13(15)19-11-3-1-2-9(6-11)17-12(18)7-10-8-20-5-4-16-10/h1-3,6,10,13,16H,4-5,7-8H2,(H,17,18). The predicted octanol–water partition coefficient (Wildman–Crippen LogP) is 2.32. The fourth-order valence-electron chi connectivity index (χ4n) is 1.94. The van der Waals surface area contributed by atoms with Crippen LogP contribution in [0.25, 0.3) is 0 Å². The molecule has 0 saturated carbocycles. The molecule has 0 radical (unpaired) electrons. The maximum atomic E-state index is 12.1. The molecule has 1 saturated heterocycles. The second-order valence-corrected chi connectivity index (χ2v) is 5.53. The summed E-state index contributed by atoms with van der Waals surface area (Å²) in [5, 5.41) is 5.96. The Morgan fingerprint density at radius 1 is 1.55 bits per heavy atom. The molecule has 1 fully saturated rings. The first-order chi connectivity index (χ1) is 9.63. The molecule has 110 valence electrons. The summed E-state index contributed by atoms with van der Waals surface area (Å²) in [5.74, 6) is 1.86. The van der Waals surface area contributed by atoms with Gasteiger partial charge in [-0.25, -0.2) is 0 Å². The summed E-state index contributed by atoms with van der Waals surface area (Å²) in [4.78, 5) is 11.9. The van der Waals surface area contributed by atoms with Crippen molar-refractivity contribution in [2.24, 2.45) is 0 Å². The Hall–Kier alpha value is -1.34. The molecule has 1 heterocycles. The van der Waals surface area contributed by atoms with Crippen molar-refractivity contribution in [1.82, 2.24) is 5.32 Å². The molecule has 1 aromatic rings. The number of carbonyl (C=O) groups excluding carboxylic acids is 1. The number of amides is 1. The first-order valence-corrected chi connectivity index (χ1v) is 7.45. The maximum absolute atomic E-state index is 12.1. The third kappa shape index (κ3) is 4.97. The van der Waals surface area contributed by atoms with Gasteiger partial charge in [0.25, 0.3) is 0 Å². The van der Waals surface area contributed by atoms with E-state index in [-0.39, 0.29) is 17.7 Å². The van der Waals surface area contributed by atoms with E-state index in [2.05, 4.69) is 15.4 Å². The first kappa shape index (κ1) is 15.1. The largest absolute Gasteiger partial charge is 0.435 e. The summed E-state index contributed by atoms with van der Waals surface area (Å²) >= 11 is 1.81. The lowest BCUT2D eigenvalue weighted by Gasteiger charge is -2.22. The number of hydrogen-bond acceptors (Lipinski definition) is 4. The minimum Gasteiger partial charge on any atom is -0.435 e. The fourth-order valence-corrected chi connectivity index (χ4v) is 2.89. The van der Waals surface area contributed by atoms with Crippen LogP contribution in [0.15, 0.2) is 24.3 Å². The van der Waals surface area contributed by atoms with Gasteiger partial charge in [-0.2, -0.15) is 20.5 Å². The molecule has 7 heteroatoms. The molecule has 0 aliphatic carbocycles. The smallest absolute Gasteiger partial charge is 0.387 e. The Kier molecular flexibility index (Phi) is 5.60. The van der Waals surface area contributed by atoms with Crippen molar-refractivity contribution in [3.8, 4) is 5.75 Å². The predicted molar refractivity (Wildman–Crippen MR) is 75.4 cm³/mol. The Balaban J connectivity index is 1.86. The molecule has 4 nitrogen and oxygen atoms in total. The summed E-state index contributed by atoms with van der Waals surface area (Å²) in [5.41, 5.74) is 0.455. The van der Waals surface area contributed by atoms with Crippen LogP contribution in [0, 0.1) is 0 Å². The minimum atomic E-state index is -2.87. The van der Waals surface area contributed by atoms with E-state index in [0.29, 0.717) is 12.1 Å². The van der Waals surface area contributed by atoms with Gasteiger partial charge in [0.05, 0.1) is 0 Å². The van der Waals surface area contributed by atoms with Crippen molar-refractivity contribution in [3.63, 3.8) is 0 Å². The maximum Gasteiger partial charge on any atom is 0.387 e. The van der Waals surface area contributed by atoms with Crippen molar-refractivity contribution in [2.45, 2.75) is 19.1 Å². The quantitative estimate of drug-likeness (QED) is 0.876. The van der Waals surface area contributed by atoms with Gasteiger partial charge in [0.15, 0.2) is 0 Å². The molecule has 0 bridgehead atoms. The summed E-state index contributed by atoms with van der Waals surface area (Å²) < 4.78 is 28.5. The monoisotopic (exact) mass is 302 g/mol. The molecule has 2 rings (SSSR count). The van der Waals surface area contributed by atoms with Gasteiger partial charge < -0.3 is 15.4 Å². The zero-order valence-corrected chi connectivity index (χ0v) is 11.6. The Morgan fingerprint density at radius 2 is 2.40 bits per heavy atom. The van der Waals surface area contributed by atoms with Crippen molar-refractivity contribution in [2.75, 3.05) is 23.4 Å². The van der Waals surface area contributed by atoms with E-state index < -0.39 is 6.61 Å². The fraction of sp³-hybridized carbons (Fsp3) is 0.462. The molecule has 0 spiro atoms. The van der Waals surface area contributed by atoms with Gasteiger partial charge in [-0.3, -0.25) is 4.79 Å². The van der Waals surface area contributed by atoms with Crippen LogP contribution in [0.5, 0.6) is 5.75 Å². The number of benzene rings is 1. The van der Waals surface area contributed by atoms with Crippen LogP contribution >= 0.6 is 11.8 Å². The lowest BCUT2D eigenvalue weighted by Crippen LogP contribution is -2.39. The Bertz CT molecular complexity index is 454. The van der Waals surface area contributed by atoms with Crippen LogP contribution in [0.4, 0.5) is 14.5 Å². The van der Waals surface area contributed by atoms with Gasteiger partial charge in [0.2, 0.25) is 5.91 Å². The highest BCUT2D eigenvalue weighted by Crippen LogP contribution is 2.20. The van der Waals surface area contributed by atoms with Gasteiger partial charge in [-0.05, 0) is 12.1 Å². The van der Waals surface area contributed by atoms with Crippen LogP contribution in [-0.4, -0.2) is 36.6 Å². The van der Waals surface area contributed by atoms with Gasteiger partial charge in [-0.1, -0.05) is 6.07 Å². The topological polar surface area (TPSA) is 50.4 Å². The Morgan fingerprint density at radius 3 is 3.10 bits per heavy atom. The lowest BCUT2D eigenvalue weighted by atomic mass is 10.2. The van der Waals surface area contributed by atoms with E-state index in [1.165, 1.54) is 12.1 Å². The molecular formula is C13H16F2N2O2S. The summed E-state index contributed by atoms with van der Waals surface area (Å²) in [7, 11) is 0. The molecule has 1 unspecified atom stereocenters. The number of hydrogen-bond donors (Lipinski definition) is 2. The number of carbonyl (C=O) groups is 1. The third-order valence-corrected chi connectivity index (χ3v) is 3.90. The highest BCUT2D eigenvalue weighted by atomic mass is 32.2. The van der Waals surface area contributed by atoms with Gasteiger partial charge in [0.1, 0.15) is 5.75 Å². The highest BCUT2D eigenvalue weighted by molar-refractivity contribution is 7.99. The number of rotatable bonds is 5. The first-order valence-electron chi connectivity index (χ1n) is 6.29. The SMILES string of the molecule is O=C(CC1CSCCN1)Nc1cccc(OC(F)F)c1. The summed E-state index contributed by atoms with van der Waals surface area (Å²) in [6.45, 7) is -1.97. The summed E-state index contributed by atoms with van der Waals surface area (Å²) in [6.07, 6.45) is 0.368. The number of alkyl halides is 2. The molecule has 0 aromatic heterocycles. The van der Waals surface area contributed by atoms with Gasteiger partial charge in [0, 0.05) is 42.3 Å². The molecule has 20 heavy (non-hydrogen) atoms. The average Bonchev–Trinajstić information content (AvgIpc) is 2.39. The molecule has 1 aliphatic heterocycles. The molecule has 2 N–H and O–H groups in total. The van der Waals surface area contributed by atoms with Crippen molar-refractivity contribution in [1.29, 1.82) is 0 Å². The molecule has 1 amide bonds. The van der Waals surface area contributed by atoms with Crippen LogP contribution < -0.4 is 15.4 Å². The summed E-state index contributed by atoms with van der Waals surface area (Å²) in [6, 6.07) is 6.16. The third-order valence-electron chi connectivity index (χ3n) is 2.77. The van der Waals surface area contributed by atoms with Crippen LogP contribution in [-0.2, 0) is 4.79 Å². The van der Waals surface area contributed by atoms with E-state index in [1.807, 2.05) is 11.8 Å². The number of thioether (sulfide) groups is 1. The van der Waals surface area contributed by atoms with Gasteiger partial charge >= 0.3 is 6.61 Å². The van der Waals surface area contributed by atoms with E-state index >= 15 is 0 Å². The number of nitrogens with one attached hydrogen (secondary N) is 2. The zero-order chi connectivity index (χ0) is 14.4. The minimum absolute atomic E-state index is 0.0316. The molecule has 1 aromatic carbocycles. The van der Waals surface area contributed by atoms with Crippen LogP contribution in [0.3, 0.4) is 0 Å². The van der Waals surface area contributed by atoms with E-state index in [0.717, 1.165) is 18.1 Å². The van der Waals surface area contributed by atoms with E-state index in [9.17, 15) is 13.6 Å². The second-order valence-electron chi connectivity index (χ2n) is 4.38.